The van der Waals surface area contributed by atoms with E-state index in [1.807, 2.05) is 0 Å². The molecule has 228 valence electrons. The zero-order chi connectivity index (χ0) is 29.7. The molecule has 2 bridgehead atoms. The van der Waals surface area contributed by atoms with Crippen LogP contribution in [0.25, 0.3) is 10.9 Å². The molecule has 7 heterocycles. The minimum Gasteiger partial charge on any atom is -0.461 e. The van der Waals surface area contributed by atoms with Crippen LogP contribution in [0.1, 0.15) is 77.8 Å². The third-order valence-corrected chi connectivity index (χ3v) is 9.98. The Kier molecular flexibility index (Phi) is 6.34. The van der Waals surface area contributed by atoms with Crippen molar-refractivity contribution in [3.8, 4) is 6.01 Å². The lowest BCUT2D eigenvalue weighted by atomic mass is 9.91. The summed E-state index contributed by atoms with van der Waals surface area (Å²) in [4.78, 5) is 31.3. The Labute approximate surface area is 247 Å². The number of anilines is 1. The average Bonchev–Trinajstić information content (AvgIpc) is 3.54. The summed E-state index contributed by atoms with van der Waals surface area (Å²) in [6.07, 6.45) is 3.80. The molecule has 1 amide bonds. The van der Waals surface area contributed by atoms with Gasteiger partial charge in [-0.05, 0) is 78.8 Å². The third-order valence-electron chi connectivity index (χ3n) is 9.73. The van der Waals surface area contributed by atoms with Gasteiger partial charge in [0.15, 0.2) is 11.0 Å². The molecule has 42 heavy (non-hydrogen) atoms. The van der Waals surface area contributed by atoms with Crippen LogP contribution in [0, 0.1) is 5.82 Å². The molecular weight excluding hydrogens is 573 g/mol. The molecule has 3 atom stereocenters. The Hall–Kier alpha value is -2.60. The number of rotatable bonds is 3. The molecule has 4 saturated heterocycles. The van der Waals surface area contributed by atoms with Crippen molar-refractivity contribution in [1.82, 2.24) is 24.8 Å². The largest absolute Gasteiger partial charge is 0.461 e. The molecule has 5 aliphatic rings. The maximum Gasteiger partial charge on any atom is 0.415 e. The summed E-state index contributed by atoms with van der Waals surface area (Å²) in [6, 6.07) is -1.02. The van der Waals surface area contributed by atoms with Gasteiger partial charge in [-0.1, -0.05) is 11.6 Å². The van der Waals surface area contributed by atoms with Gasteiger partial charge in [-0.15, -0.1) is 0 Å². The van der Waals surface area contributed by atoms with Gasteiger partial charge in [0.2, 0.25) is 11.6 Å². The van der Waals surface area contributed by atoms with Crippen LogP contribution >= 0.6 is 11.6 Å². The molecule has 0 spiro atoms. The Bertz CT molecular complexity index is 1450. The van der Waals surface area contributed by atoms with E-state index in [0.29, 0.717) is 30.0 Å². The topological polar surface area (TPSA) is 83.9 Å². The molecular formula is C29H36ClF3N6O3. The lowest BCUT2D eigenvalue weighted by Gasteiger charge is -2.52. The number of amides is 1. The van der Waals surface area contributed by atoms with Crippen LogP contribution in [0.3, 0.4) is 0 Å². The van der Waals surface area contributed by atoms with E-state index >= 15 is 13.2 Å². The fourth-order valence-corrected chi connectivity index (χ4v) is 8.16. The van der Waals surface area contributed by atoms with Gasteiger partial charge in [0.1, 0.15) is 23.5 Å². The number of ether oxygens (including phenoxy) is 2. The number of halogens is 4. The number of nitrogens with zero attached hydrogens (tertiary/aromatic N) is 6. The van der Waals surface area contributed by atoms with Crippen molar-refractivity contribution >= 4 is 34.4 Å². The summed E-state index contributed by atoms with van der Waals surface area (Å²) in [6.45, 7) is 6.96. The van der Waals surface area contributed by atoms with E-state index in [4.69, 9.17) is 26.1 Å². The molecule has 2 aromatic rings. The van der Waals surface area contributed by atoms with Gasteiger partial charge in [-0.3, -0.25) is 4.90 Å². The highest BCUT2D eigenvalue weighted by Crippen LogP contribution is 2.54. The molecule has 9 nitrogen and oxygen atoms in total. The van der Waals surface area contributed by atoms with Gasteiger partial charge < -0.3 is 14.4 Å². The van der Waals surface area contributed by atoms with E-state index in [0.717, 1.165) is 38.8 Å². The first-order chi connectivity index (χ1) is 19.8. The highest BCUT2D eigenvalue weighted by Gasteiger charge is 2.69. The third kappa shape index (κ3) is 4.22. The quantitative estimate of drug-likeness (QED) is 0.324. The van der Waals surface area contributed by atoms with E-state index in [9.17, 15) is 4.79 Å². The summed E-state index contributed by atoms with van der Waals surface area (Å²) < 4.78 is 61.2. The number of fused-ring (bicyclic) bond motifs is 6. The zero-order valence-electron chi connectivity index (χ0n) is 24.2. The summed E-state index contributed by atoms with van der Waals surface area (Å²) in [5.74, 6) is -5.41. The summed E-state index contributed by atoms with van der Waals surface area (Å²) in [7, 11) is 0. The lowest BCUT2D eigenvalue weighted by Crippen LogP contribution is -2.71. The molecule has 0 unspecified atom stereocenters. The monoisotopic (exact) mass is 608 g/mol. The predicted octanol–water partition coefficient (Wildman–Crippen LogP) is 5.71. The second kappa shape index (κ2) is 9.45. The normalized spacial score (nSPS) is 30.2. The van der Waals surface area contributed by atoms with Gasteiger partial charge >= 0.3 is 12.1 Å². The van der Waals surface area contributed by atoms with E-state index in [2.05, 4.69) is 14.9 Å². The molecule has 0 aliphatic carbocycles. The molecule has 0 radical (unpaired) electrons. The smallest absolute Gasteiger partial charge is 0.415 e. The van der Waals surface area contributed by atoms with E-state index in [1.165, 1.54) is 4.90 Å². The molecule has 5 aliphatic heterocycles. The molecule has 2 aromatic heterocycles. The van der Waals surface area contributed by atoms with Crippen LogP contribution in [0.5, 0.6) is 6.01 Å². The number of carbonyl (C=O) groups is 1. The van der Waals surface area contributed by atoms with Crippen molar-refractivity contribution in [3.63, 3.8) is 0 Å². The van der Waals surface area contributed by atoms with Crippen LogP contribution in [0.4, 0.5) is 23.8 Å². The SMILES string of the molecule is CC(C)(C)OC(=O)N1[C@]2(F)CC[C@@]1(F)[C@H]1CCCc3nc(Cl)c(F)c4nc(OCC56CCCN5CCC6)nc(c34)N1C2. The number of carbonyl (C=O) groups excluding carboxylic acids is 1. The second-order valence-corrected chi connectivity index (χ2v) is 13.9. The molecule has 13 heteroatoms. The number of hydrogen-bond donors (Lipinski definition) is 0. The van der Waals surface area contributed by atoms with Crippen molar-refractivity contribution < 1.29 is 27.4 Å². The highest BCUT2D eigenvalue weighted by atomic mass is 35.5. The van der Waals surface area contributed by atoms with Crippen LogP contribution in [0.2, 0.25) is 5.15 Å². The minimum atomic E-state index is -2.36. The zero-order valence-corrected chi connectivity index (χ0v) is 24.9. The number of alkyl halides is 2. The molecule has 4 fully saturated rings. The second-order valence-electron chi connectivity index (χ2n) is 13.5. The van der Waals surface area contributed by atoms with Crippen molar-refractivity contribution in [3.05, 3.63) is 16.7 Å². The van der Waals surface area contributed by atoms with E-state index in [1.54, 1.807) is 20.8 Å². The Morgan fingerprint density at radius 1 is 1.07 bits per heavy atom. The number of aryl methyl sites for hydroxylation is 1. The van der Waals surface area contributed by atoms with E-state index < -0.39 is 35.1 Å². The van der Waals surface area contributed by atoms with Crippen LogP contribution < -0.4 is 9.64 Å². The first kappa shape index (κ1) is 28.2. The number of hydrogen-bond acceptors (Lipinski definition) is 8. The van der Waals surface area contributed by atoms with Gasteiger partial charge in [0, 0.05) is 12.8 Å². The number of piperazine rings is 1. The van der Waals surface area contributed by atoms with Crippen molar-refractivity contribution in [1.29, 1.82) is 0 Å². The molecule has 0 saturated carbocycles. The fraction of sp³-hybridized carbons (Fsp3) is 0.724. The Morgan fingerprint density at radius 3 is 2.52 bits per heavy atom. The predicted molar refractivity (Wildman–Crippen MR) is 150 cm³/mol. The van der Waals surface area contributed by atoms with Gasteiger partial charge in [0.05, 0.1) is 29.2 Å². The Balaban J connectivity index is 1.33. The van der Waals surface area contributed by atoms with Crippen LogP contribution in [-0.4, -0.2) is 85.9 Å². The number of pyridine rings is 1. The minimum absolute atomic E-state index is 0.0696. The van der Waals surface area contributed by atoms with E-state index in [-0.39, 0.29) is 59.2 Å². The van der Waals surface area contributed by atoms with Crippen LogP contribution in [-0.2, 0) is 11.2 Å². The maximum absolute atomic E-state index is 17.2. The van der Waals surface area contributed by atoms with Gasteiger partial charge in [0.25, 0.3) is 0 Å². The summed E-state index contributed by atoms with van der Waals surface area (Å²) in [5.41, 5.74) is -0.659. The van der Waals surface area contributed by atoms with Crippen molar-refractivity contribution in [2.45, 2.75) is 107 Å². The van der Waals surface area contributed by atoms with Crippen molar-refractivity contribution in [2.24, 2.45) is 0 Å². The lowest BCUT2D eigenvalue weighted by molar-refractivity contribution is -0.133. The maximum atomic E-state index is 17.2. The number of aromatic nitrogens is 3. The Morgan fingerprint density at radius 2 is 1.81 bits per heavy atom. The summed E-state index contributed by atoms with van der Waals surface area (Å²) in [5, 5.41) is -0.0480. The fourth-order valence-electron chi connectivity index (χ4n) is 7.97. The van der Waals surface area contributed by atoms with Crippen molar-refractivity contribution in [2.75, 3.05) is 31.1 Å². The van der Waals surface area contributed by atoms with Gasteiger partial charge in [-0.25, -0.2) is 27.8 Å². The highest BCUT2D eigenvalue weighted by molar-refractivity contribution is 6.30. The molecule has 0 N–H and O–H groups in total. The van der Waals surface area contributed by atoms with Gasteiger partial charge in [-0.2, -0.15) is 9.97 Å². The molecule has 0 aromatic carbocycles. The first-order valence-corrected chi connectivity index (χ1v) is 15.3. The molecule has 7 rings (SSSR count). The summed E-state index contributed by atoms with van der Waals surface area (Å²) >= 11 is 6.21. The standard InChI is InChI=1S/C29H36ClF3N6O3/c1-26(2,3)42-25(40)39-28(32)11-12-29(39,33)18-8-4-7-17-19-21(20(31)22(30)34-17)35-24(36-23(19)38(18)15-28)41-16-27-9-5-13-37(27)14-6-10-27/h18H,4-16H2,1-3H3/t18-,28-,29+/m1/s1. The van der Waals surface area contributed by atoms with Crippen LogP contribution in [0.15, 0.2) is 0 Å². The average molecular weight is 609 g/mol. The first-order valence-electron chi connectivity index (χ1n) is 14.9.